The summed E-state index contributed by atoms with van der Waals surface area (Å²) < 4.78 is 26.8. The monoisotopic (exact) mass is 401 g/mol. The first-order valence-electron chi connectivity index (χ1n) is 9.70. The van der Waals surface area contributed by atoms with Gasteiger partial charge in [0.1, 0.15) is 0 Å². The average Bonchev–Trinajstić information content (AvgIpc) is 3.11. The number of rotatable bonds is 7. The number of carbonyl (C=O) groups excluding carboxylic acids is 1. The second-order valence-electron chi connectivity index (χ2n) is 6.74. The normalized spacial score (nSPS) is 13.6. The standard InChI is InChI=1S/C21H27N3O3S/c1-4-23-13-12-16-10-11-18(15-20(16)23)22-21(25)17-8-7-9-19(14-17)28(26,27)24(5-2)6-3/h7-11,14-15H,4-6,12-13H2,1-3H3,(H,22,25). The summed E-state index contributed by atoms with van der Waals surface area (Å²) in [6, 6.07) is 12.1. The molecular weight excluding hydrogens is 374 g/mol. The van der Waals surface area contributed by atoms with Crippen molar-refractivity contribution in [1.29, 1.82) is 0 Å². The maximum Gasteiger partial charge on any atom is 0.255 e. The Balaban J connectivity index is 1.83. The van der Waals surface area contributed by atoms with E-state index in [1.165, 1.54) is 22.0 Å². The summed E-state index contributed by atoms with van der Waals surface area (Å²) >= 11 is 0. The van der Waals surface area contributed by atoms with Gasteiger partial charge in [0.15, 0.2) is 0 Å². The Labute approximate surface area is 167 Å². The highest BCUT2D eigenvalue weighted by Crippen LogP contribution is 2.30. The number of likely N-dealkylation sites (N-methyl/N-ethyl adjacent to an activating group) is 1. The third-order valence-electron chi connectivity index (χ3n) is 5.16. The predicted octanol–water partition coefficient (Wildman–Crippen LogP) is 3.35. The fourth-order valence-electron chi connectivity index (χ4n) is 3.57. The van der Waals surface area contributed by atoms with E-state index >= 15 is 0 Å². The van der Waals surface area contributed by atoms with Crippen molar-refractivity contribution in [1.82, 2.24) is 4.31 Å². The number of benzene rings is 2. The third-order valence-corrected chi connectivity index (χ3v) is 7.20. The van der Waals surface area contributed by atoms with Crippen molar-refractivity contribution in [3.63, 3.8) is 0 Å². The van der Waals surface area contributed by atoms with E-state index in [1.807, 2.05) is 18.2 Å². The van der Waals surface area contributed by atoms with Crippen molar-refractivity contribution in [2.45, 2.75) is 32.1 Å². The molecule has 6 nitrogen and oxygen atoms in total. The summed E-state index contributed by atoms with van der Waals surface area (Å²) in [6.07, 6.45) is 1.02. The molecule has 1 heterocycles. The summed E-state index contributed by atoms with van der Waals surface area (Å²) in [5, 5.41) is 2.89. The highest BCUT2D eigenvalue weighted by molar-refractivity contribution is 7.89. The Hall–Kier alpha value is -2.38. The van der Waals surface area contributed by atoms with E-state index in [1.54, 1.807) is 26.0 Å². The molecule has 0 fully saturated rings. The van der Waals surface area contributed by atoms with Gasteiger partial charge in [-0.15, -0.1) is 0 Å². The van der Waals surface area contributed by atoms with Gasteiger partial charge in [0.05, 0.1) is 4.90 Å². The van der Waals surface area contributed by atoms with E-state index in [9.17, 15) is 13.2 Å². The van der Waals surface area contributed by atoms with Gasteiger partial charge >= 0.3 is 0 Å². The minimum atomic E-state index is -3.60. The lowest BCUT2D eigenvalue weighted by molar-refractivity contribution is 0.102. The number of nitrogens with zero attached hydrogens (tertiary/aromatic N) is 2. The summed E-state index contributed by atoms with van der Waals surface area (Å²) in [4.78, 5) is 15.1. The molecule has 1 aliphatic rings. The number of nitrogens with one attached hydrogen (secondary N) is 1. The number of hydrogen-bond acceptors (Lipinski definition) is 4. The van der Waals surface area contributed by atoms with Crippen LogP contribution in [0.25, 0.3) is 0 Å². The smallest absolute Gasteiger partial charge is 0.255 e. The van der Waals surface area contributed by atoms with Gasteiger partial charge in [-0.25, -0.2) is 8.42 Å². The summed E-state index contributed by atoms with van der Waals surface area (Å²) in [7, 11) is -3.60. The van der Waals surface area contributed by atoms with Crippen molar-refractivity contribution in [2.24, 2.45) is 0 Å². The van der Waals surface area contributed by atoms with Gasteiger partial charge < -0.3 is 10.2 Å². The van der Waals surface area contributed by atoms with Crippen LogP contribution < -0.4 is 10.2 Å². The van der Waals surface area contributed by atoms with Gasteiger partial charge in [-0.1, -0.05) is 26.0 Å². The maximum atomic E-state index is 12.7. The Bertz CT molecular complexity index is 969. The average molecular weight is 402 g/mol. The number of anilines is 2. The highest BCUT2D eigenvalue weighted by Gasteiger charge is 2.23. The molecule has 0 radical (unpaired) electrons. The number of amides is 1. The second-order valence-corrected chi connectivity index (χ2v) is 8.68. The van der Waals surface area contributed by atoms with Crippen LogP contribution >= 0.6 is 0 Å². The summed E-state index contributed by atoms with van der Waals surface area (Å²) in [5.41, 5.74) is 3.47. The van der Waals surface area contributed by atoms with Crippen LogP contribution in [0.3, 0.4) is 0 Å². The second kappa shape index (κ2) is 8.32. The fraction of sp³-hybridized carbons (Fsp3) is 0.381. The van der Waals surface area contributed by atoms with E-state index in [2.05, 4.69) is 17.1 Å². The van der Waals surface area contributed by atoms with Crippen LogP contribution in [0, 0.1) is 0 Å². The first kappa shape index (κ1) is 20.4. The molecule has 3 rings (SSSR count). The lowest BCUT2D eigenvalue weighted by Gasteiger charge is -2.19. The van der Waals surface area contributed by atoms with Gasteiger partial charge in [0, 0.05) is 43.1 Å². The Morgan fingerprint density at radius 1 is 1.11 bits per heavy atom. The van der Waals surface area contributed by atoms with Crippen LogP contribution in [-0.2, 0) is 16.4 Å². The van der Waals surface area contributed by atoms with Crippen molar-refractivity contribution in [3.05, 3.63) is 53.6 Å². The zero-order valence-electron chi connectivity index (χ0n) is 16.6. The van der Waals surface area contributed by atoms with E-state index in [4.69, 9.17) is 0 Å². The van der Waals surface area contributed by atoms with E-state index < -0.39 is 10.0 Å². The van der Waals surface area contributed by atoms with Crippen molar-refractivity contribution in [2.75, 3.05) is 36.4 Å². The summed E-state index contributed by atoms with van der Waals surface area (Å²) in [6.45, 7) is 8.40. The molecule has 1 aliphatic heterocycles. The molecule has 0 aliphatic carbocycles. The maximum absolute atomic E-state index is 12.7. The van der Waals surface area contributed by atoms with Gasteiger partial charge in [-0.2, -0.15) is 4.31 Å². The number of carbonyl (C=O) groups is 1. The van der Waals surface area contributed by atoms with Crippen LogP contribution in [0.4, 0.5) is 11.4 Å². The fourth-order valence-corrected chi connectivity index (χ4v) is 5.07. The minimum absolute atomic E-state index is 0.134. The van der Waals surface area contributed by atoms with E-state index in [0.717, 1.165) is 25.2 Å². The van der Waals surface area contributed by atoms with Crippen LogP contribution in [0.15, 0.2) is 47.4 Å². The van der Waals surface area contributed by atoms with Crippen molar-refractivity contribution < 1.29 is 13.2 Å². The van der Waals surface area contributed by atoms with Crippen molar-refractivity contribution >= 4 is 27.3 Å². The number of hydrogen-bond donors (Lipinski definition) is 1. The molecule has 1 N–H and O–H groups in total. The quantitative estimate of drug-likeness (QED) is 0.772. The molecule has 7 heteroatoms. The molecule has 2 aromatic carbocycles. The summed E-state index contributed by atoms with van der Waals surface area (Å²) in [5.74, 6) is -0.322. The molecule has 0 unspecified atom stereocenters. The van der Waals surface area contributed by atoms with Gasteiger partial charge in [0.2, 0.25) is 10.0 Å². The predicted molar refractivity (Wildman–Crippen MR) is 113 cm³/mol. The van der Waals surface area contributed by atoms with Crippen LogP contribution in [0.1, 0.15) is 36.7 Å². The molecule has 0 saturated carbocycles. The third kappa shape index (κ3) is 3.91. The molecule has 0 saturated heterocycles. The number of fused-ring (bicyclic) bond motifs is 1. The van der Waals surface area contributed by atoms with Gasteiger partial charge in [-0.3, -0.25) is 4.79 Å². The van der Waals surface area contributed by atoms with Gasteiger partial charge in [0.25, 0.3) is 5.91 Å². The first-order valence-corrected chi connectivity index (χ1v) is 11.1. The SMILES string of the molecule is CCN1CCc2ccc(NC(=O)c3cccc(S(=O)(=O)N(CC)CC)c3)cc21. The molecule has 0 bridgehead atoms. The Morgan fingerprint density at radius 2 is 1.86 bits per heavy atom. The lowest BCUT2D eigenvalue weighted by Crippen LogP contribution is -2.30. The Morgan fingerprint density at radius 3 is 2.54 bits per heavy atom. The number of sulfonamides is 1. The zero-order chi connectivity index (χ0) is 20.3. The van der Waals surface area contributed by atoms with Crippen LogP contribution in [0.5, 0.6) is 0 Å². The van der Waals surface area contributed by atoms with Gasteiger partial charge in [-0.05, 0) is 49.2 Å². The Kier molecular flexibility index (Phi) is 6.05. The van der Waals surface area contributed by atoms with E-state index in [-0.39, 0.29) is 10.8 Å². The molecule has 0 spiro atoms. The minimum Gasteiger partial charge on any atom is -0.371 e. The molecule has 0 aromatic heterocycles. The molecule has 28 heavy (non-hydrogen) atoms. The lowest BCUT2D eigenvalue weighted by atomic mass is 10.1. The largest absolute Gasteiger partial charge is 0.371 e. The zero-order valence-corrected chi connectivity index (χ0v) is 17.4. The molecule has 1 amide bonds. The molecular formula is C21H27N3O3S. The van der Waals surface area contributed by atoms with Crippen molar-refractivity contribution in [3.8, 4) is 0 Å². The molecule has 0 atom stereocenters. The molecule has 2 aromatic rings. The van der Waals surface area contributed by atoms with Crippen LogP contribution in [-0.4, -0.2) is 44.8 Å². The first-order chi connectivity index (χ1) is 13.4. The topological polar surface area (TPSA) is 69.7 Å². The highest BCUT2D eigenvalue weighted by atomic mass is 32.2. The van der Waals surface area contributed by atoms with E-state index in [0.29, 0.717) is 24.3 Å². The molecule has 150 valence electrons. The van der Waals surface area contributed by atoms with Crippen LogP contribution in [0.2, 0.25) is 0 Å².